The molecule has 0 saturated carbocycles. The lowest BCUT2D eigenvalue weighted by molar-refractivity contribution is 0.195. The van der Waals surface area contributed by atoms with Crippen molar-refractivity contribution in [2.75, 3.05) is 13.2 Å². The summed E-state index contributed by atoms with van der Waals surface area (Å²) < 4.78 is 0. The lowest BCUT2D eigenvalue weighted by Crippen LogP contribution is -2.23. The summed E-state index contributed by atoms with van der Waals surface area (Å²) in [7, 11) is 0. The highest BCUT2D eigenvalue weighted by atomic mass is 16.4. The summed E-state index contributed by atoms with van der Waals surface area (Å²) in [6.45, 7) is 3.80. The molecule has 0 spiro atoms. The Morgan fingerprint density at radius 2 is 1.91 bits per heavy atom. The number of hydrogen-bond acceptors (Lipinski definition) is 2. The Morgan fingerprint density at radius 3 is 2.27 bits per heavy atom. The molecule has 0 heterocycles. The lowest BCUT2D eigenvalue weighted by atomic mass is 10.1. The molecule has 0 bridgehead atoms. The number of rotatable bonds is 3. The van der Waals surface area contributed by atoms with Gasteiger partial charge in [-0.2, -0.15) is 0 Å². The molecule has 0 aliphatic carbocycles. The highest BCUT2D eigenvalue weighted by Gasteiger charge is 1.97. The fraction of sp³-hybridized carbons (Fsp3) is 0.571. The first-order chi connectivity index (χ1) is 5.07. The summed E-state index contributed by atoms with van der Waals surface area (Å²) in [5.41, 5.74) is 1.66. The quantitative estimate of drug-likeness (QED) is 0.527. The third kappa shape index (κ3) is 4.38. The second-order valence-corrected chi connectivity index (χ2v) is 2.38. The zero-order chi connectivity index (χ0) is 8.85. The third-order valence-corrected chi connectivity index (χ3v) is 1.47. The maximum absolute atomic E-state index is 10.0. The van der Waals surface area contributed by atoms with Crippen molar-refractivity contribution >= 4 is 6.09 Å². The average Bonchev–Trinajstić information content (AvgIpc) is 1.98. The van der Waals surface area contributed by atoms with Crippen LogP contribution in [0.5, 0.6) is 0 Å². The second kappa shape index (κ2) is 4.73. The van der Waals surface area contributed by atoms with Gasteiger partial charge in [0, 0.05) is 6.54 Å². The Balaban J connectivity index is 3.85. The number of carbonyl (C=O) groups is 1. The van der Waals surface area contributed by atoms with Crippen molar-refractivity contribution in [1.29, 1.82) is 0 Å². The molecule has 3 N–H and O–H groups in total. The maximum Gasteiger partial charge on any atom is 0.404 e. The van der Waals surface area contributed by atoms with Crippen molar-refractivity contribution in [3.63, 3.8) is 0 Å². The summed E-state index contributed by atoms with van der Waals surface area (Å²) >= 11 is 0. The van der Waals surface area contributed by atoms with Gasteiger partial charge in [-0.25, -0.2) is 4.79 Å². The van der Waals surface area contributed by atoms with E-state index in [0.717, 1.165) is 11.1 Å². The molecule has 1 amide bonds. The van der Waals surface area contributed by atoms with Crippen LogP contribution in [0.4, 0.5) is 4.79 Å². The van der Waals surface area contributed by atoms with Crippen molar-refractivity contribution in [3.05, 3.63) is 11.1 Å². The van der Waals surface area contributed by atoms with Crippen molar-refractivity contribution in [2.24, 2.45) is 0 Å². The van der Waals surface area contributed by atoms with Crippen LogP contribution in [0.25, 0.3) is 0 Å². The van der Waals surface area contributed by atoms with Gasteiger partial charge in [-0.1, -0.05) is 5.57 Å². The molecule has 64 valence electrons. The molecule has 0 aromatic heterocycles. The van der Waals surface area contributed by atoms with Crippen LogP contribution in [0.1, 0.15) is 13.8 Å². The predicted octanol–water partition coefficient (Wildman–Crippen LogP) is 0.583. The number of nitrogens with one attached hydrogen (secondary N) is 1. The predicted molar refractivity (Wildman–Crippen MR) is 41.5 cm³/mol. The van der Waals surface area contributed by atoms with Gasteiger partial charge in [0.1, 0.15) is 0 Å². The maximum atomic E-state index is 10.0. The van der Waals surface area contributed by atoms with Crippen molar-refractivity contribution in [1.82, 2.24) is 5.32 Å². The summed E-state index contributed by atoms with van der Waals surface area (Å²) in [6, 6.07) is 0. The number of amides is 1. The first kappa shape index (κ1) is 9.97. The van der Waals surface area contributed by atoms with Crippen LogP contribution in [0.2, 0.25) is 0 Å². The molecule has 0 fully saturated rings. The van der Waals surface area contributed by atoms with Crippen LogP contribution in [-0.4, -0.2) is 29.5 Å². The smallest absolute Gasteiger partial charge is 0.404 e. The van der Waals surface area contributed by atoms with E-state index in [1.165, 1.54) is 0 Å². The second-order valence-electron chi connectivity index (χ2n) is 2.38. The van der Waals surface area contributed by atoms with E-state index in [2.05, 4.69) is 5.32 Å². The van der Waals surface area contributed by atoms with E-state index in [1.807, 2.05) is 0 Å². The van der Waals surface area contributed by atoms with Crippen LogP contribution in [0, 0.1) is 0 Å². The molecule has 0 aliphatic rings. The van der Waals surface area contributed by atoms with E-state index >= 15 is 0 Å². The van der Waals surface area contributed by atoms with E-state index in [0.29, 0.717) is 0 Å². The summed E-state index contributed by atoms with van der Waals surface area (Å²) in [5.74, 6) is 0. The molecule has 0 unspecified atom stereocenters. The number of hydrogen-bond donors (Lipinski definition) is 3. The standard InChI is InChI=1S/C7H13NO3/c1-5(6(2)4-9)3-8-7(10)11/h8-9H,3-4H2,1-2H3,(H,10,11)/b6-5-. The van der Waals surface area contributed by atoms with E-state index < -0.39 is 6.09 Å². The van der Waals surface area contributed by atoms with Crippen molar-refractivity contribution in [2.45, 2.75) is 13.8 Å². The molecule has 11 heavy (non-hydrogen) atoms. The van der Waals surface area contributed by atoms with Gasteiger partial charge >= 0.3 is 6.09 Å². The largest absolute Gasteiger partial charge is 0.465 e. The van der Waals surface area contributed by atoms with E-state index in [1.54, 1.807) is 13.8 Å². The van der Waals surface area contributed by atoms with Gasteiger partial charge in [-0.3, -0.25) is 0 Å². The molecule has 0 rings (SSSR count). The van der Waals surface area contributed by atoms with Crippen molar-refractivity contribution < 1.29 is 15.0 Å². The van der Waals surface area contributed by atoms with Crippen LogP contribution in [0.15, 0.2) is 11.1 Å². The Bertz CT molecular complexity index is 175. The number of aliphatic hydroxyl groups is 1. The van der Waals surface area contributed by atoms with Crippen LogP contribution < -0.4 is 5.32 Å². The minimum Gasteiger partial charge on any atom is -0.465 e. The number of carboxylic acid groups (broad SMARTS) is 1. The van der Waals surface area contributed by atoms with Gasteiger partial charge in [-0.05, 0) is 19.4 Å². The SMILES string of the molecule is C/C(CO)=C(\C)CNC(=O)O. The van der Waals surface area contributed by atoms with Crippen molar-refractivity contribution in [3.8, 4) is 0 Å². The fourth-order valence-electron chi connectivity index (χ4n) is 0.494. The molecule has 4 heteroatoms. The molecule has 0 atom stereocenters. The van der Waals surface area contributed by atoms with Gasteiger partial charge in [0.25, 0.3) is 0 Å². The normalized spacial score (nSPS) is 12.3. The summed E-state index contributed by atoms with van der Waals surface area (Å²) in [5, 5.41) is 19.1. The zero-order valence-corrected chi connectivity index (χ0v) is 6.72. The van der Waals surface area contributed by atoms with Gasteiger partial charge in [0.05, 0.1) is 6.61 Å². The topological polar surface area (TPSA) is 69.6 Å². The molecular weight excluding hydrogens is 146 g/mol. The molecule has 4 nitrogen and oxygen atoms in total. The van der Waals surface area contributed by atoms with E-state index in [9.17, 15) is 4.79 Å². The molecule has 0 aliphatic heterocycles. The minimum absolute atomic E-state index is 0.0207. The minimum atomic E-state index is -1.05. The van der Waals surface area contributed by atoms with Crippen LogP contribution >= 0.6 is 0 Å². The Morgan fingerprint density at radius 1 is 1.36 bits per heavy atom. The van der Waals surface area contributed by atoms with Gasteiger partial charge in [-0.15, -0.1) is 0 Å². The van der Waals surface area contributed by atoms with Gasteiger partial charge in [0.15, 0.2) is 0 Å². The summed E-state index contributed by atoms with van der Waals surface area (Å²) in [4.78, 5) is 10.0. The zero-order valence-electron chi connectivity index (χ0n) is 6.72. The fourth-order valence-corrected chi connectivity index (χ4v) is 0.494. The first-order valence-electron chi connectivity index (χ1n) is 3.30. The summed E-state index contributed by atoms with van der Waals surface area (Å²) in [6.07, 6.45) is -1.05. The average molecular weight is 159 g/mol. The molecule has 0 aromatic rings. The Kier molecular flexibility index (Phi) is 4.29. The van der Waals surface area contributed by atoms with Gasteiger partial charge < -0.3 is 15.5 Å². The van der Waals surface area contributed by atoms with Crippen LogP contribution in [-0.2, 0) is 0 Å². The number of aliphatic hydroxyl groups excluding tert-OH is 1. The first-order valence-corrected chi connectivity index (χ1v) is 3.30. The third-order valence-electron chi connectivity index (χ3n) is 1.47. The molecule has 0 radical (unpaired) electrons. The lowest BCUT2D eigenvalue weighted by Gasteiger charge is -2.04. The van der Waals surface area contributed by atoms with E-state index in [4.69, 9.17) is 10.2 Å². The van der Waals surface area contributed by atoms with Crippen LogP contribution in [0.3, 0.4) is 0 Å². The molecule has 0 saturated heterocycles. The molecular formula is C7H13NO3. The highest BCUT2D eigenvalue weighted by molar-refractivity contribution is 5.64. The highest BCUT2D eigenvalue weighted by Crippen LogP contribution is 1.99. The molecule has 0 aromatic carbocycles. The van der Waals surface area contributed by atoms with Gasteiger partial charge in [0.2, 0.25) is 0 Å². The Labute approximate surface area is 65.5 Å². The Hall–Kier alpha value is -1.03. The monoisotopic (exact) mass is 159 g/mol. The van der Waals surface area contributed by atoms with E-state index in [-0.39, 0.29) is 13.2 Å².